The predicted octanol–water partition coefficient (Wildman–Crippen LogP) is 4.25. The van der Waals surface area contributed by atoms with Gasteiger partial charge in [-0.15, -0.1) is 0 Å². The van der Waals surface area contributed by atoms with Crippen molar-refractivity contribution >= 4 is 18.3 Å². The fraction of sp³-hybridized carbons (Fsp3) is 0.524. The van der Waals surface area contributed by atoms with E-state index in [2.05, 4.69) is 39.1 Å². The van der Waals surface area contributed by atoms with Crippen LogP contribution in [-0.2, 0) is 8.37 Å². The Morgan fingerprint density at radius 3 is 2.46 bits per heavy atom. The number of aromatic nitrogens is 2. The third-order valence-electron chi connectivity index (χ3n) is 5.46. The molecule has 1 aromatic heterocycles. The summed E-state index contributed by atoms with van der Waals surface area (Å²) in [6, 6.07) is 10.2. The van der Waals surface area contributed by atoms with Crippen LogP contribution in [0.25, 0.3) is 0 Å². The second kappa shape index (κ2) is 10.1. The Labute approximate surface area is 171 Å². The van der Waals surface area contributed by atoms with Crippen LogP contribution in [-0.4, -0.2) is 42.9 Å². The van der Waals surface area contributed by atoms with Crippen molar-refractivity contribution in [2.45, 2.75) is 31.6 Å². The normalized spacial score (nSPS) is 18.9. The molecule has 4 rings (SSSR count). The number of anilines is 1. The number of benzene rings is 1. The molecular formula is C21H27N3O3S. The average Bonchev–Trinajstić information content (AvgIpc) is 2.79. The van der Waals surface area contributed by atoms with Gasteiger partial charge in [0.1, 0.15) is 5.75 Å². The lowest BCUT2D eigenvalue weighted by molar-refractivity contribution is 0.187. The zero-order chi connectivity index (χ0) is 19.0. The highest BCUT2D eigenvalue weighted by Crippen LogP contribution is 2.27. The van der Waals surface area contributed by atoms with Crippen molar-refractivity contribution in [1.82, 2.24) is 9.97 Å². The molecule has 0 bridgehead atoms. The van der Waals surface area contributed by atoms with Crippen LogP contribution < -0.4 is 9.64 Å². The molecule has 0 saturated carbocycles. The Morgan fingerprint density at radius 1 is 1.04 bits per heavy atom. The Hall–Kier alpha value is -1.83. The van der Waals surface area contributed by atoms with Crippen molar-refractivity contribution in [3.8, 4) is 5.75 Å². The highest BCUT2D eigenvalue weighted by molar-refractivity contribution is 7.89. The minimum atomic E-state index is 0.308. The van der Waals surface area contributed by atoms with E-state index in [1.807, 2.05) is 18.5 Å². The minimum absolute atomic E-state index is 0.308. The van der Waals surface area contributed by atoms with Crippen LogP contribution in [0.2, 0.25) is 0 Å². The van der Waals surface area contributed by atoms with Gasteiger partial charge in [0.15, 0.2) is 12.3 Å². The number of hydrogen-bond donors (Lipinski definition) is 0. The third kappa shape index (κ3) is 5.37. The molecule has 1 aromatic carbocycles. The molecule has 2 aliphatic heterocycles. The molecule has 0 aliphatic carbocycles. The van der Waals surface area contributed by atoms with Gasteiger partial charge in [-0.1, -0.05) is 12.1 Å². The van der Waals surface area contributed by atoms with Gasteiger partial charge in [0.05, 0.1) is 19.8 Å². The molecule has 0 spiro atoms. The Kier molecular flexibility index (Phi) is 7.02. The molecule has 28 heavy (non-hydrogen) atoms. The first kappa shape index (κ1) is 19.5. The molecule has 0 unspecified atom stereocenters. The average molecular weight is 402 g/mol. The molecule has 2 fully saturated rings. The van der Waals surface area contributed by atoms with Crippen molar-refractivity contribution in [2.75, 3.05) is 37.8 Å². The largest absolute Gasteiger partial charge is 0.494 e. The van der Waals surface area contributed by atoms with Gasteiger partial charge in [-0.3, -0.25) is 8.37 Å². The SMILES string of the molecule is c1cnc(N2CCC(CCCOc3ccc(C4COSOC4)cc3)CC2)nc1. The highest BCUT2D eigenvalue weighted by Gasteiger charge is 2.20. The molecule has 7 heteroatoms. The summed E-state index contributed by atoms with van der Waals surface area (Å²) < 4.78 is 16.5. The van der Waals surface area contributed by atoms with Gasteiger partial charge in [0.2, 0.25) is 5.95 Å². The smallest absolute Gasteiger partial charge is 0.225 e. The van der Waals surface area contributed by atoms with Gasteiger partial charge >= 0.3 is 0 Å². The second-order valence-electron chi connectivity index (χ2n) is 7.37. The zero-order valence-electron chi connectivity index (χ0n) is 16.0. The summed E-state index contributed by atoms with van der Waals surface area (Å²) >= 11 is 1.09. The van der Waals surface area contributed by atoms with E-state index >= 15 is 0 Å². The van der Waals surface area contributed by atoms with Gasteiger partial charge in [0, 0.05) is 31.4 Å². The number of piperidine rings is 1. The lowest BCUT2D eigenvalue weighted by Gasteiger charge is -2.31. The molecule has 2 saturated heterocycles. The maximum Gasteiger partial charge on any atom is 0.225 e. The van der Waals surface area contributed by atoms with E-state index < -0.39 is 0 Å². The van der Waals surface area contributed by atoms with E-state index in [1.54, 1.807) is 0 Å². The third-order valence-corrected chi connectivity index (χ3v) is 5.93. The summed E-state index contributed by atoms with van der Waals surface area (Å²) in [7, 11) is 0. The predicted molar refractivity (Wildman–Crippen MR) is 110 cm³/mol. The van der Waals surface area contributed by atoms with Crippen molar-refractivity contribution in [3.05, 3.63) is 48.3 Å². The molecular weight excluding hydrogens is 374 g/mol. The van der Waals surface area contributed by atoms with Crippen molar-refractivity contribution < 1.29 is 13.1 Å². The molecule has 6 nitrogen and oxygen atoms in total. The standard InChI is InChI=1S/C21H27N3O3S/c1(3-17-8-12-24(13-9-17)21-22-10-2-11-23-21)14-25-20-6-4-18(5-7-20)19-15-26-28-27-16-19/h2,4-7,10-11,17,19H,1,3,8-9,12-16H2. The topological polar surface area (TPSA) is 56.7 Å². The van der Waals surface area contributed by atoms with Crippen LogP contribution in [0.1, 0.15) is 37.2 Å². The fourth-order valence-electron chi connectivity index (χ4n) is 3.77. The number of hydrogen-bond acceptors (Lipinski definition) is 7. The van der Waals surface area contributed by atoms with Crippen molar-refractivity contribution in [3.63, 3.8) is 0 Å². The lowest BCUT2D eigenvalue weighted by atomic mass is 9.92. The van der Waals surface area contributed by atoms with Crippen LogP contribution in [0, 0.1) is 5.92 Å². The highest BCUT2D eigenvalue weighted by atomic mass is 32.2. The molecule has 2 aromatic rings. The molecule has 150 valence electrons. The van der Waals surface area contributed by atoms with Crippen molar-refractivity contribution in [2.24, 2.45) is 5.92 Å². The first-order valence-corrected chi connectivity index (χ1v) is 10.7. The Bertz CT molecular complexity index is 703. The summed E-state index contributed by atoms with van der Waals surface area (Å²) in [5.41, 5.74) is 1.24. The monoisotopic (exact) mass is 401 g/mol. The summed E-state index contributed by atoms with van der Waals surface area (Å²) in [5.74, 6) is 2.88. The van der Waals surface area contributed by atoms with Gasteiger partial charge < -0.3 is 9.64 Å². The Morgan fingerprint density at radius 2 is 1.75 bits per heavy atom. The molecule has 0 atom stereocenters. The summed E-state index contributed by atoms with van der Waals surface area (Å²) in [6.07, 6.45) is 8.35. The summed E-state index contributed by atoms with van der Waals surface area (Å²) in [5, 5.41) is 0. The van der Waals surface area contributed by atoms with Gasteiger partial charge in [-0.25, -0.2) is 9.97 Å². The molecule has 2 aliphatic rings. The molecule has 0 amide bonds. The van der Waals surface area contributed by atoms with Crippen molar-refractivity contribution in [1.29, 1.82) is 0 Å². The van der Waals surface area contributed by atoms with Crippen LogP contribution in [0.3, 0.4) is 0 Å². The lowest BCUT2D eigenvalue weighted by Crippen LogP contribution is -2.34. The van der Waals surface area contributed by atoms with E-state index in [-0.39, 0.29) is 0 Å². The van der Waals surface area contributed by atoms with E-state index in [9.17, 15) is 0 Å². The van der Waals surface area contributed by atoms with Crippen LogP contribution in [0.15, 0.2) is 42.7 Å². The van der Waals surface area contributed by atoms with Crippen LogP contribution in [0.4, 0.5) is 5.95 Å². The van der Waals surface area contributed by atoms with Gasteiger partial charge in [-0.2, -0.15) is 0 Å². The van der Waals surface area contributed by atoms with Gasteiger partial charge in [0.25, 0.3) is 0 Å². The number of nitrogens with zero attached hydrogens (tertiary/aromatic N) is 3. The fourth-order valence-corrected chi connectivity index (χ4v) is 4.28. The quantitative estimate of drug-likeness (QED) is 0.508. The zero-order valence-corrected chi connectivity index (χ0v) is 16.9. The second-order valence-corrected chi connectivity index (χ2v) is 7.98. The first-order valence-electron chi connectivity index (χ1n) is 10.0. The number of rotatable bonds is 7. The van der Waals surface area contributed by atoms with Crippen LogP contribution >= 0.6 is 12.3 Å². The molecule has 0 radical (unpaired) electrons. The van der Waals surface area contributed by atoms with E-state index in [0.29, 0.717) is 19.1 Å². The Balaban J connectivity index is 1.13. The maximum absolute atomic E-state index is 5.93. The summed E-state index contributed by atoms with van der Waals surface area (Å²) in [6.45, 7) is 4.25. The maximum atomic E-state index is 5.93. The van der Waals surface area contributed by atoms with E-state index in [4.69, 9.17) is 13.1 Å². The van der Waals surface area contributed by atoms with Crippen LogP contribution in [0.5, 0.6) is 5.75 Å². The summed E-state index contributed by atoms with van der Waals surface area (Å²) in [4.78, 5) is 11.0. The molecule has 3 heterocycles. The minimum Gasteiger partial charge on any atom is -0.494 e. The molecule has 0 N–H and O–H groups in total. The first-order chi connectivity index (χ1) is 13.9. The van der Waals surface area contributed by atoms with Gasteiger partial charge in [-0.05, 0) is 55.4 Å². The number of ether oxygens (including phenoxy) is 1. The van der Waals surface area contributed by atoms with E-state index in [0.717, 1.165) is 56.1 Å². The van der Waals surface area contributed by atoms with E-state index in [1.165, 1.54) is 24.8 Å².